The zero-order valence-electron chi connectivity index (χ0n) is 14.8. The summed E-state index contributed by atoms with van der Waals surface area (Å²) in [4.78, 5) is 35.9. The van der Waals surface area contributed by atoms with Gasteiger partial charge in [-0.25, -0.2) is 4.39 Å². The van der Waals surface area contributed by atoms with Gasteiger partial charge in [0.15, 0.2) is 5.75 Å². The van der Waals surface area contributed by atoms with Gasteiger partial charge in [0, 0.05) is 30.8 Å². The lowest BCUT2D eigenvalue weighted by molar-refractivity contribution is -0.385. The van der Waals surface area contributed by atoms with Crippen LogP contribution in [-0.2, 0) is 11.3 Å². The summed E-state index contributed by atoms with van der Waals surface area (Å²) in [6.45, 7) is -0.279. The Morgan fingerprint density at radius 3 is 2.59 bits per heavy atom. The van der Waals surface area contributed by atoms with E-state index in [1.54, 1.807) is 18.2 Å². The monoisotopic (exact) mass is 375 g/mol. The van der Waals surface area contributed by atoms with Crippen LogP contribution in [0.15, 0.2) is 42.5 Å². The standard InChI is InChI=1S/C18H18FN3O5/c1-21(11-13-5-3-4-6-14(13)19)17(23)10-20-18(24)12-7-8-16(27-2)15(9-12)22(25)26/h3-9H,10-11H2,1-2H3,(H,20,24). The molecule has 2 aromatic rings. The minimum absolute atomic E-state index is 0.0204. The first kappa shape index (κ1) is 19.8. The molecule has 0 saturated carbocycles. The number of benzene rings is 2. The second kappa shape index (κ2) is 8.75. The summed E-state index contributed by atoms with van der Waals surface area (Å²) in [6.07, 6.45) is 0. The zero-order chi connectivity index (χ0) is 20.0. The highest BCUT2D eigenvalue weighted by Gasteiger charge is 2.19. The number of nitrogens with one attached hydrogen (secondary N) is 1. The summed E-state index contributed by atoms with van der Waals surface area (Å²) >= 11 is 0. The summed E-state index contributed by atoms with van der Waals surface area (Å²) in [5.74, 6) is -1.48. The molecule has 0 bridgehead atoms. The van der Waals surface area contributed by atoms with Crippen LogP contribution in [0.25, 0.3) is 0 Å². The molecule has 27 heavy (non-hydrogen) atoms. The van der Waals surface area contributed by atoms with Crippen molar-refractivity contribution in [2.75, 3.05) is 20.7 Å². The van der Waals surface area contributed by atoms with E-state index in [1.807, 2.05) is 0 Å². The molecule has 0 aliphatic rings. The molecule has 0 spiro atoms. The van der Waals surface area contributed by atoms with E-state index in [0.717, 1.165) is 6.07 Å². The van der Waals surface area contributed by atoms with Crippen molar-refractivity contribution < 1.29 is 23.6 Å². The highest BCUT2D eigenvalue weighted by atomic mass is 19.1. The Labute approximate surface area is 154 Å². The first-order valence-electron chi connectivity index (χ1n) is 7.91. The van der Waals surface area contributed by atoms with E-state index in [9.17, 15) is 24.1 Å². The minimum Gasteiger partial charge on any atom is -0.490 e. The van der Waals surface area contributed by atoms with E-state index in [2.05, 4.69) is 5.32 Å². The Morgan fingerprint density at radius 2 is 1.96 bits per heavy atom. The van der Waals surface area contributed by atoms with Crippen molar-refractivity contribution in [1.82, 2.24) is 10.2 Å². The maximum Gasteiger partial charge on any atom is 0.311 e. The first-order chi connectivity index (χ1) is 12.8. The van der Waals surface area contributed by atoms with Gasteiger partial charge in [-0.05, 0) is 18.2 Å². The smallest absolute Gasteiger partial charge is 0.311 e. The third kappa shape index (κ3) is 5.00. The summed E-state index contributed by atoms with van der Waals surface area (Å²) in [5, 5.41) is 13.4. The van der Waals surface area contributed by atoms with Gasteiger partial charge in [0.25, 0.3) is 5.91 Å². The predicted octanol–water partition coefficient (Wildman–Crippen LogP) is 2.13. The van der Waals surface area contributed by atoms with Crippen LogP contribution in [0.4, 0.5) is 10.1 Å². The van der Waals surface area contributed by atoms with Crippen LogP contribution in [0.1, 0.15) is 15.9 Å². The van der Waals surface area contributed by atoms with E-state index in [1.165, 1.54) is 37.3 Å². The van der Waals surface area contributed by atoms with Gasteiger partial charge in [0.2, 0.25) is 5.91 Å². The average molecular weight is 375 g/mol. The van der Waals surface area contributed by atoms with Crippen molar-refractivity contribution in [2.24, 2.45) is 0 Å². The van der Waals surface area contributed by atoms with Crippen LogP contribution in [0.5, 0.6) is 5.75 Å². The number of methoxy groups -OCH3 is 1. The maximum absolute atomic E-state index is 13.6. The van der Waals surface area contributed by atoms with Crippen molar-refractivity contribution in [2.45, 2.75) is 6.54 Å². The zero-order valence-corrected chi connectivity index (χ0v) is 14.8. The Kier molecular flexibility index (Phi) is 6.42. The number of rotatable bonds is 7. The van der Waals surface area contributed by atoms with E-state index in [-0.39, 0.29) is 30.1 Å². The van der Waals surface area contributed by atoms with Crippen LogP contribution in [0.2, 0.25) is 0 Å². The Balaban J connectivity index is 1.98. The molecule has 142 valence electrons. The molecule has 8 nitrogen and oxygen atoms in total. The summed E-state index contributed by atoms with van der Waals surface area (Å²) in [6, 6.07) is 9.81. The van der Waals surface area contributed by atoms with Crippen molar-refractivity contribution in [3.05, 3.63) is 69.5 Å². The number of amides is 2. The molecule has 0 aromatic heterocycles. The number of halogens is 1. The molecular formula is C18H18FN3O5. The van der Waals surface area contributed by atoms with Gasteiger partial charge in [-0.2, -0.15) is 0 Å². The number of nitro groups is 1. The van der Waals surface area contributed by atoms with Crippen molar-refractivity contribution in [1.29, 1.82) is 0 Å². The molecule has 0 atom stereocenters. The predicted molar refractivity (Wildman–Crippen MR) is 94.9 cm³/mol. The minimum atomic E-state index is -0.664. The van der Waals surface area contributed by atoms with Gasteiger partial charge in [0.1, 0.15) is 5.82 Å². The van der Waals surface area contributed by atoms with E-state index < -0.39 is 22.6 Å². The lowest BCUT2D eigenvalue weighted by atomic mass is 10.1. The van der Waals surface area contributed by atoms with Gasteiger partial charge in [-0.1, -0.05) is 18.2 Å². The molecule has 2 amide bonds. The molecular weight excluding hydrogens is 357 g/mol. The number of ether oxygens (including phenoxy) is 1. The number of hydrogen-bond acceptors (Lipinski definition) is 5. The fourth-order valence-electron chi connectivity index (χ4n) is 2.34. The Morgan fingerprint density at radius 1 is 1.26 bits per heavy atom. The number of carbonyl (C=O) groups excluding carboxylic acids is 2. The maximum atomic E-state index is 13.6. The molecule has 9 heteroatoms. The molecule has 0 radical (unpaired) electrons. The molecule has 2 rings (SSSR count). The molecule has 0 heterocycles. The average Bonchev–Trinajstić information content (AvgIpc) is 2.66. The molecule has 0 unspecified atom stereocenters. The molecule has 0 fully saturated rings. The third-order valence-corrected chi connectivity index (χ3v) is 3.83. The van der Waals surface area contributed by atoms with Gasteiger partial charge in [-0.3, -0.25) is 19.7 Å². The van der Waals surface area contributed by atoms with Crippen LogP contribution < -0.4 is 10.1 Å². The summed E-state index contributed by atoms with van der Waals surface area (Å²) in [5.41, 5.74) is 0.0191. The number of carbonyl (C=O) groups is 2. The van der Waals surface area contributed by atoms with Gasteiger partial charge < -0.3 is 15.0 Å². The Bertz CT molecular complexity index is 872. The second-order valence-electron chi connectivity index (χ2n) is 5.67. The second-order valence-corrected chi connectivity index (χ2v) is 5.67. The van der Waals surface area contributed by atoms with E-state index >= 15 is 0 Å². The Hall–Kier alpha value is -3.49. The largest absolute Gasteiger partial charge is 0.490 e. The van der Waals surface area contributed by atoms with Crippen molar-refractivity contribution in [3.63, 3.8) is 0 Å². The first-order valence-corrected chi connectivity index (χ1v) is 7.91. The highest BCUT2D eigenvalue weighted by Crippen LogP contribution is 2.27. The van der Waals surface area contributed by atoms with Gasteiger partial charge >= 0.3 is 5.69 Å². The highest BCUT2D eigenvalue weighted by molar-refractivity contribution is 5.97. The number of nitrogens with zero attached hydrogens (tertiary/aromatic N) is 2. The van der Waals surface area contributed by atoms with Gasteiger partial charge in [0.05, 0.1) is 18.6 Å². The van der Waals surface area contributed by atoms with Crippen LogP contribution in [0.3, 0.4) is 0 Å². The van der Waals surface area contributed by atoms with Crippen LogP contribution in [0, 0.1) is 15.9 Å². The van der Waals surface area contributed by atoms with Crippen molar-refractivity contribution >= 4 is 17.5 Å². The normalized spacial score (nSPS) is 10.2. The quantitative estimate of drug-likeness (QED) is 0.590. The van der Waals surface area contributed by atoms with E-state index in [4.69, 9.17) is 4.74 Å². The molecule has 1 N–H and O–H groups in total. The summed E-state index contributed by atoms with van der Waals surface area (Å²) < 4.78 is 18.5. The number of nitro benzene ring substituents is 1. The summed E-state index contributed by atoms with van der Waals surface area (Å²) in [7, 11) is 2.77. The number of hydrogen-bond donors (Lipinski definition) is 1. The molecule has 2 aromatic carbocycles. The van der Waals surface area contributed by atoms with Gasteiger partial charge in [-0.15, -0.1) is 0 Å². The molecule has 0 saturated heterocycles. The van der Waals surface area contributed by atoms with Crippen LogP contribution in [-0.4, -0.2) is 42.3 Å². The fraction of sp³-hybridized carbons (Fsp3) is 0.222. The number of likely N-dealkylation sites (N-methyl/N-ethyl adjacent to an activating group) is 1. The lowest BCUT2D eigenvalue weighted by Gasteiger charge is -2.18. The fourth-order valence-corrected chi connectivity index (χ4v) is 2.34. The van der Waals surface area contributed by atoms with Crippen molar-refractivity contribution in [3.8, 4) is 5.75 Å². The topological polar surface area (TPSA) is 102 Å². The lowest BCUT2D eigenvalue weighted by Crippen LogP contribution is -2.38. The SMILES string of the molecule is COc1ccc(C(=O)NCC(=O)N(C)Cc2ccccc2F)cc1[N+](=O)[O-]. The van der Waals surface area contributed by atoms with E-state index in [0.29, 0.717) is 5.56 Å². The molecule has 0 aliphatic carbocycles. The third-order valence-electron chi connectivity index (χ3n) is 3.83. The van der Waals surface area contributed by atoms with Crippen LogP contribution >= 0.6 is 0 Å². The molecule has 0 aliphatic heterocycles.